The van der Waals surface area contributed by atoms with Crippen LogP contribution in [0.15, 0.2) is 36.4 Å². The lowest BCUT2D eigenvalue weighted by atomic mass is 10.00. The van der Waals surface area contributed by atoms with Gasteiger partial charge < -0.3 is 5.73 Å². The highest BCUT2D eigenvalue weighted by Gasteiger charge is 2.27. The summed E-state index contributed by atoms with van der Waals surface area (Å²) in [4.78, 5) is 11.3. The first-order valence-electron chi connectivity index (χ1n) is 5.07. The van der Waals surface area contributed by atoms with Crippen LogP contribution in [0.2, 0.25) is 0 Å². The van der Waals surface area contributed by atoms with Crippen molar-refractivity contribution in [3.05, 3.63) is 47.5 Å². The fourth-order valence-electron chi connectivity index (χ4n) is 2.49. The Morgan fingerprint density at radius 3 is 2.67 bits per heavy atom. The van der Waals surface area contributed by atoms with Crippen molar-refractivity contribution in [1.82, 2.24) is 0 Å². The molecule has 0 bridgehead atoms. The number of nitrogens with two attached hydrogens (primary N) is 1. The van der Waals surface area contributed by atoms with Gasteiger partial charge >= 0.3 is 0 Å². The van der Waals surface area contributed by atoms with Crippen molar-refractivity contribution < 1.29 is 4.79 Å². The fourth-order valence-corrected chi connectivity index (χ4v) is 2.49. The van der Waals surface area contributed by atoms with Crippen LogP contribution >= 0.6 is 0 Å². The topological polar surface area (TPSA) is 43.1 Å². The number of carbonyl (C=O) groups excluding carboxylic acids is 1. The first-order chi connectivity index (χ1) is 7.27. The summed E-state index contributed by atoms with van der Waals surface area (Å²) >= 11 is 0. The SMILES string of the molecule is NC(=O)C1Cc2cccc3cccc1c23. The minimum Gasteiger partial charge on any atom is -0.369 e. The van der Waals surface area contributed by atoms with Gasteiger partial charge in [-0.05, 0) is 28.3 Å². The van der Waals surface area contributed by atoms with E-state index in [-0.39, 0.29) is 11.8 Å². The standard InChI is InChI=1S/C13H11NO/c14-13(15)11-7-9-5-1-3-8-4-2-6-10(11)12(8)9/h1-6,11H,7H2,(H2,14,15). The van der Waals surface area contributed by atoms with Crippen LogP contribution in [-0.2, 0) is 11.2 Å². The number of carbonyl (C=O) groups is 1. The molecule has 1 amide bonds. The maximum atomic E-state index is 11.3. The smallest absolute Gasteiger partial charge is 0.225 e. The maximum absolute atomic E-state index is 11.3. The maximum Gasteiger partial charge on any atom is 0.225 e. The van der Waals surface area contributed by atoms with Crippen LogP contribution in [0.1, 0.15) is 17.0 Å². The minimum atomic E-state index is -0.223. The van der Waals surface area contributed by atoms with E-state index < -0.39 is 0 Å². The van der Waals surface area contributed by atoms with E-state index in [0.717, 1.165) is 12.0 Å². The minimum absolute atomic E-state index is 0.133. The Hall–Kier alpha value is -1.83. The molecule has 1 unspecified atom stereocenters. The van der Waals surface area contributed by atoms with E-state index in [4.69, 9.17) is 5.73 Å². The predicted molar refractivity (Wildman–Crippen MR) is 59.6 cm³/mol. The summed E-state index contributed by atoms with van der Waals surface area (Å²) in [6, 6.07) is 12.3. The summed E-state index contributed by atoms with van der Waals surface area (Å²) in [6.45, 7) is 0. The van der Waals surface area contributed by atoms with Crippen LogP contribution in [0.25, 0.3) is 10.8 Å². The van der Waals surface area contributed by atoms with Gasteiger partial charge in [0.15, 0.2) is 0 Å². The molecule has 1 atom stereocenters. The summed E-state index contributed by atoms with van der Waals surface area (Å²) in [7, 11) is 0. The van der Waals surface area contributed by atoms with Gasteiger partial charge in [0, 0.05) is 0 Å². The zero-order valence-corrected chi connectivity index (χ0v) is 8.23. The van der Waals surface area contributed by atoms with Gasteiger partial charge in [-0.2, -0.15) is 0 Å². The Morgan fingerprint density at radius 1 is 1.20 bits per heavy atom. The van der Waals surface area contributed by atoms with Gasteiger partial charge in [0.2, 0.25) is 5.91 Å². The number of benzene rings is 2. The van der Waals surface area contributed by atoms with Crippen LogP contribution in [-0.4, -0.2) is 5.91 Å². The first-order valence-corrected chi connectivity index (χ1v) is 5.07. The van der Waals surface area contributed by atoms with Crippen LogP contribution < -0.4 is 5.73 Å². The molecule has 3 rings (SSSR count). The van der Waals surface area contributed by atoms with Gasteiger partial charge in [0.25, 0.3) is 0 Å². The molecular formula is C13H11NO. The summed E-state index contributed by atoms with van der Waals surface area (Å²) < 4.78 is 0. The second-order valence-corrected chi connectivity index (χ2v) is 4.02. The Balaban J connectivity index is 2.36. The predicted octanol–water partition coefficient (Wildman–Crippen LogP) is 1.96. The van der Waals surface area contributed by atoms with Crippen LogP contribution in [0.4, 0.5) is 0 Å². The van der Waals surface area contributed by atoms with Gasteiger partial charge in [0.05, 0.1) is 5.92 Å². The quantitative estimate of drug-likeness (QED) is 0.746. The van der Waals surface area contributed by atoms with Crippen LogP contribution in [0, 0.1) is 0 Å². The highest BCUT2D eigenvalue weighted by molar-refractivity contribution is 5.97. The molecule has 2 heteroatoms. The third-order valence-corrected chi connectivity index (χ3v) is 3.17. The fraction of sp³-hybridized carbons (Fsp3) is 0.154. The normalized spacial score (nSPS) is 18.3. The Kier molecular flexibility index (Phi) is 1.60. The summed E-state index contributed by atoms with van der Waals surface area (Å²) in [5.74, 6) is -0.357. The highest BCUT2D eigenvalue weighted by atomic mass is 16.1. The molecule has 0 saturated heterocycles. The Bertz CT molecular complexity index is 554. The number of amides is 1. The lowest BCUT2D eigenvalue weighted by Crippen LogP contribution is -2.20. The monoisotopic (exact) mass is 197 g/mol. The van der Waals surface area contributed by atoms with E-state index in [1.54, 1.807) is 0 Å². The molecule has 2 aromatic carbocycles. The molecule has 0 aromatic heterocycles. The molecule has 0 fully saturated rings. The van der Waals surface area contributed by atoms with Gasteiger partial charge in [-0.15, -0.1) is 0 Å². The van der Waals surface area contributed by atoms with Crippen molar-refractivity contribution in [2.45, 2.75) is 12.3 Å². The zero-order valence-electron chi connectivity index (χ0n) is 8.23. The molecular weight excluding hydrogens is 186 g/mol. The lowest BCUT2D eigenvalue weighted by Gasteiger charge is -2.05. The Labute approximate surface area is 87.7 Å². The van der Waals surface area contributed by atoms with Gasteiger partial charge in [-0.1, -0.05) is 36.4 Å². The van der Waals surface area contributed by atoms with Crippen molar-refractivity contribution in [2.75, 3.05) is 0 Å². The van der Waals surface area contributed by atoms with E-state index in [1.807, 2.05) is 18.2 Å². The van der Waals surface area contributed by atoms with Gasteiger partial charge in [0.1, 0.15) is 0 Å². The molecule has 0 heterocycles. The lowest BCUT2D eigenvalue weighted by molar-refractivity contribution is -0.119. The second kappa shape index (κ2) is 2.83. The summed E-state index contributed by atoms with van der Waals surface area (Å²) in [5, 5.41) is 2.43. The molecule has 1 aliphatic rings. The van der Waals surface area contributed by atoms with E-state index in [0.29, 0.717) is 0 Å². The molecule has 2 nitrogen and oxygen atoms in total. The highest BCUT2D eigenvalue weighted by Crippen LogP contribution is 2.37. The molecule has 74 valence electrons. The Morgan fingerprint density at radius 2 is 1.93 bits per heavy atom. The average molecular weight is 197 g/mol. The van der Waals surface area contributed by atoms with E-state index >= 15 is 0 Å². The molecule has 15 heavy (non-hydrogen) atoms. The summed E-state index contributed by atoms with van der Waals surface area (Å²) in [6.07, 6.45) is 0.756. The van der Waals surface area contributed by atoms with Crippen LogP contribution in [0.3, 0.4) is 0 Å². The van der Waals surface area contributed by atoms with Crippen molar-refractivity contribution in [1.29, 1.82) is 0 Å². The van der Waals surface area contributed by atoms with Crippen molar-refractivity contribution in [3.8, 4) is 0 Å². The van der Waals surface area contributed by atoms with E-state index in [9.17, 15) is 4.79 Å². The van der Waals surface area contributed by atoms with Crippen molar-refractivity contribution >= 4 is 16.7 Å². The van der Waals surface area contributed by atoms with Gasteiger partial charge in [-0.3, -0.25) is 4.79 Å². The largest absolute Gasteiger partial charge is 0.369 e. The first kappa shape index (κ1) is 8.48. The molecule has 0 aliphatic heterocycles. The van der Waals surface area contributed by atoms with Gasteiger partial charge in [-0.25, -0.2) is 0 Å². The molecule has 0 spiro atoms. The number of rotatable bonds is 1. The molecule has 2 N–H and O–H groups in total. The summed E-state index contributed by atoms with van der Waals surface area (Å²) in [5.41, 5.74) is 7.75. The number of hydrogen-bond donors (Lipinski definition) is 1. The number of hydrogen-bond acceptors (Lipinski definition) is 1. The zero-order chi connectivity index (χ0) is 10.4. The average Bonchev–Trinajstić information content (AvgIpc) is 2.61. The third-order valence-electron chi connectivity index (χ3n) is 3.17. The van der Waals surface area contributed by atoms with Crippen molar-refractivity contribution in [2.24, 2.45) is 5.73 Å². The van der Waals surface area contributed by atoms with E-state index in [1.165, 1.54) is 16.3 Å². The van der Waals surface area contributed by atoms with E-state index in [2.05, 4.69) is 18.2 Å². The second-order valence-electron chi connectivity index (χ2n) is 4.02. The molecule has 1 aliphatic carbocycles. The number of primary amides is 1. The van der Waals surface area contributed by atoms with Crippen LogP contribution in [0.5, 0.6) is 0 Å². The molecule has 0 radical (unpaired) electrons. The third kappa shape index (κ3) is 1.08. The van der Waals surface area contributed by atoms with Crippen molar-refractivity contribution in [3.63, 3.8) is 0 Å². The molecule has 2 aromatic rings. The molecule has 0 saturated carbocycles.